The third-order valence-electron chi connectivity index (χ3n) is 4.31. The topological polar surface area (TPSA) is 40.6 Å². The van der Waals surface area contributed by atoms with Crippen molar-refractivity contribution in [2.45, 2.75) is 26.8 Å². The lowest BCUT2D eigenvalue weighted by Crippen LogP contribution is -2.42. The van der Waals surface area contributed by atoms with Crippen LogP contribution in [0.4, 0.5) is 0 Å². The first-order valence-electron chi connectivity index (χ1n) is 8.81. The molecule has 26 heavy (non-hydrogen) atoms. The van der Waals surface area contributed by atoms with Crippen molar-refractivity contribution >= 4 is 23.4 Å². The quantitative estimate of drug-likeness (QED) is 0.707. The number of carbonyl (C=O) groups excluding carboxylic acids is 2. The minimum atomic E-state index is -0.0944. The molecular formula is C21H25ClN2O2. The Hall–Kier alpha value is -2.33. The maximum atomic E-state index is 12.7. The van der Waals surface area contributed by atoms with Gasteiger partial charge in [-0.3, -0.25) is 9.59 Å². The number of halogens is 1. The van der Waals surface area contributed by atoms with Gasteiger partial charge in [0.2, 0.25) is 11.8 Å². The molecule has 0 atom stereocenters. The zero-order valence-electron chi connectivity index (χ0n) is 15.3. The maximum absolute atomic E-state index is 12.7. The second kappa shape index (κ2) is 9.97. The summed E-state index contributed by atoms with van der Waals surface area (Å²) >= 11 is 5.90. The van der Waals surface area contributed by atoms with E-state index in [0.29, 0.717) is 31.1 Å². The van der Waals surface area contributed by atoms with Crippen LogP contribution >= 0.6 is 11.6 Å². The highest BCUT2D eigenvalue weighted by Gasteiger charge is 2.18. The van der Waals surface area contributed by atoms with Crippen molar-refractivity contribution in [2.75, 3.05) is 19.6 Å². The van der Waals surface area contributed by atoms with Crippen LogP contribution < -0.4 is 0 Å². The van der Waals surface area contributed by atoms with Gasteiger partial charge < -0.3 is 9.80 Å². The summed E-state index contributed by atoms with van der Waals surface area (Å²) in [4.78, 5) is 28.0. The molecule has 2 aromatic rings. The van der Waals surface area contributed by atoms with Gasteiger partial charge in [-0.15, -0.1) is 0 Å². The van der Waals surface area contributed by atoms with E-state index in [0.717, 1.165) is 11.1 Å². The monoisotopic (exact) mass is 372 g/mol. The average molecular weight is 373 g/mol. The van der Waals surface area contributed by atoms with E-state index in [-0.39, 0.29) is 18.4 Å². The Bertz CT molecular complexity index is 717. The van der Waals surface area contributed by atoms with Gasteiger partial charge in [0.1, 0.15) is 0 Å². The molecule has 4 nitrogen and oxygen atoms in total. The van der Waals surface area contributed by atoms with Crippen LogP contribution in [-0.4, -0.2) is 41.2 Å². The second-order valence-electron chi connectivity index (χ2n) is 6.21. The molecule has 0 radical (unpaired) electrons. The molecule has 0 saturated carbocycles. The molecule has 0 aliphatic rings. The molecule has 0 unspecified atom stereocenters. The number of likely N-dealkylation sites (N-methyl/N-ethyl adjacent to an activating group) is 1. The lowest BCUT2D eigenvalue weighted by atomic mass is 10.1. The summed E-state index contributed by atoms with van der Waals surface area (Å²) in [5, 5.41) is 0.687. The zero-order chi connectivity index (χ0) is 18.9. The molecule has 138 valence electrons. The number of nitrogens with zero attached hydrogens (tertiary/aromatic N) is 2. The largest absolute Gasteiger partial charge is 0.337 e. The van der Waals surface area contributed by atoms with Crippen molar-refractivity contribution in [3.63, 3.8) is 0 Å². The van der Waals surface area contributed by atoms with Crippen LogP contribution in [0.2, 0.25) is 5.02 Å². The van der Waals surface area contributed by atoms with Crippen molar-refractivity contribution in [3.05, 3.63) is 70.7 Å². The summed E-state index contributed by atoms with van der Waals surface area (Å²) in [6.45, 7) is 5.22. The number of carbonyl (C=O) groups is 2. The third-order valence-corrected chi connectivity index (χ3v) is 4.56. The molecule has 2 rings (SSSR count). The molecule has 0 aliphatic heterocycles. The fourth-order valence-corrected chi connectivity index (χ4v) is 2.83. The lowest BCUT2D eigenvalue weighted by molar-refractivity contribution is -0.139. The Balaban J connectivity index is 1.95. The molecule has 2 amide bonds. The summed E-state index contributed by atoms with van der Waals surface area (Å²) in [7, 11) is 0. The predicted octanol–water partition coefficient (Wildman–Crippen LogP) is 3.78. The van der Waals surface area contributed by atoms with Gasteiger partial charge in [-0.05, 0) is 36.6 Å². The molecule has 0 N–H and O–H groups in total. The van der Waals surface area contributed by atoms with Crippen molar-refractivity contribution in [1.29, 1.82) is 0 Å². The first kappa shape index (κ1) is 20.0. The Kier molecular flexibility index (Phi) is 7.67. The summed E-state index contributed by atoms with van der Waals surface area (Å²) in [5.74, 6) is -0.134. The average Bonchev–Trinajstić information content (AvgIpc) is 2.64. The molecule has 0 spiro atoms. The van der Waals surface area contributed by atoms with E-state index in [1.165, 1.54) is 6.92 Å². The fraction of sp³-hybridized carbons (Fsp3) is 0.333. The molecule has 0 fully saturated rings. The van der Waals surface area contributed by atoms with E-state index in [9.17, 15) is 9.59 Å². The Morgan fingerprint density at radius 3 is 2.15 bits per heavy atom. The van der Waals surface area contributed by atoms with Crippen molar-refractivity contribution in [2.24, 2.45) is 0 Å². The van der Waals surface area contributed by atoms with E-state index >= 15 is 0 Å². The summed E-state index contributed by atoms with van der Waals surface area (Å²) in [6, 6.07) is 17.4. The van der Waals surface area contributed by atoms with E-state index in [1.807, 2.05) is 61.5 Å². The highest BCUT2D eigenvalue weighted by atomic mass is 35.5. The van der Waals surface area contributed by atoms with E-state index < -0.39 is 0 Å². The SMILES string of the molecule is CCN(Cc1ccccc1)C(=O)CN(CCc1ccc(Cl)cc1)C(C)=O. The molecule has 5 heteroatoms. The number of hydrogen-bond donors (Lipinski definition) is 0. The van der Waals surface area contributed by atoms with Gasteiger partial charge >= 0.3 is 0 Å². The number of hydrogen-bond acceptors (Lipinski definition) is 2. The first-order chi connectivity index (χ1) is 12.5. The van der Waals surface area contributed by atoms with Crippen LogP contribution in [0.5, 0.6) is 0 Å². The summed E-state index contributed by atoms with van der Waals surface area (Å²) in [5.41, 5.74) is 2.17. The smallest absolute Gasteiger partial charge is 0.242 e. The molecule has 0 heterocycles. The molecular weight excluding hydrogens is 348 g/mol. The van der Waals surface area contributed by atoms with Crippen LogP contribution in [-0.2, 0) is 22.6 Å². The van der Waals surface area contributed by atoms with E-state index in [4.69, 9.17) is 11.6 Å². The minimum absolute atomic E-state index is 0.0392. The van der Waals surface area contributed by atoms with Gasteiger partial charge in [-0.1, -0.05) is 54.1 Å². The standard InChI is InChI=1S/C21H25ClN2O2/c1-3-23(15-19-7-5-4-6-8-19)21(26)16-24(17(2)25)14-13-18-9-11-20(22)12-10-18/h4-12H,3,13-16H2,1-2H3. The van der Waals surface area contributed by atoms with Crippen molar-refractivity contribution in [3.8, 4) is 0 Å². The minimum Gasteiger partial charge on any atom is -0.337 e. The molecule has 0 saturated heterocycles. The Labute approximate surface area is 160 Å². The van der Waals surface area contributed by atoms with Crippen molar-refractivity contribution in [1.82, 2.24) is 9.80 Å². The number of rotatable bonds is 8. The number of benzene rings is 2. The highest BCUT2D eigenvalue weighted by molar-refractivity contribution is 6.30. The Morgan fingerprint density at radius 1 is 0.923 bits per heavy atom. The third kappa shape index (κ3) is 6.19. The molecule has 0 aliphatic carbocycles. The van der Waals surface area contributed by atoms with Gasteiger partial charge in [0.05, 0.1) is 6.54 Å². The van der Waals surface area contributed by atoms with Gasteiger partial charge in [0.25, 0.3) is 0 Å². The first-order valence-corrected chi connectivity index (χ1v) is 9.19. The fourth-order valence-electron chi connectivity index (χ4n) is 2.71. The van der Waals surface area contributed by atoms with Crippen LogP contribution in [0.3, 0.4) is 0 Å². The predicted molar refractivity (Wildman–Crippen MR) is 105 cm³/mol. The van der Waals surface area contributed by atoms with Crippen LogP contribution in [0.15, 0.2) is 54.6 Å². The van der Waals surface area contributed by atoms with E-state index in [1.54, 1.807) is 9.80 Å². The zero-order valence-corrected chi connectivity index (χ0v) is 16.1. The summed E-state index contributed by atoms with van der Waals surface area (Å²) in [6.07, 6.45) is 0.689. The van der Waals surface area contributed by atoms with Gasteiger partial charge in [-0.2, -0.15) is 0 Å². The molecule has 0 bridgehead atoms. The summed E-state index contributed by atoms with van der Waals surface area (Å²) < 4.78 is 0. The van der Waals surface area contributed by atoms with E-state index in [2.05, 4.69) is 0 Å². The van der Waals surface area contributed by atoms with Crippen LogP contribution in [0.25, 0.3) is 0 Å². The highest BCUT2D eigenvalue weighted by Crippen LogP contribution is 2.11. The van der Waals surface area contributed by atoms with Gasteiger partial charge in [0.15, 0.2) is 0 Å². The molecule has 2 aromatic carbocycles. The Morgan fingerprint density at radius 2 is 1.58 bits per heavy atom. The maximum Gasteiger partial charge on any atom is 0.242 e. The second-order valence-corrected chi connectivity index (χ2v) is 6.65. The lowest BCUT2D eigenvalue weighted by Gasteiger charge is -2.26. The van der Waals surface area contributed by atoms with Crippen LogP contribution in [0, 0.1) is 0 Å². The van der Waals surface area contributed by atoms with Crippen LogP contribution in [0.1, 0.15) is 25.0 Å². The van der Waals surface area contributed by atoms with Gasteiger partial charge in [0, 0.05) is 31.6 Å². The van der Waals surface area contributed by atoms with Crippen molar-refractivity contribution < 1.29 is 9.59 Å². The van der Waals surface area contributed by atoms with Gasteiger partial charge in [-0.25, -0.2) is 0 Å². The normalized spacial score (nSPS) is 10.4. The molecule has 0 aromatic heterocycles. The number of amides is 2.